The number of nitrogens with one attached hydrogen (secondary N) is 2. The molecule has 4 N–H and O–H groups in total. The molecule has 0 unspecified atom stereocenters. The largest absolute Gasteiger partial charge is 0.368 e. The number of hydrazine groups is 1. The predicted octanol–water partition coefficient (Wildman–Crippen LogP) is 2.67. The minimum absolute atomic E-state index is 0.0877. The highest BCUT2D eigenvalue weighted by Gasteiger charge is 2.19. The van der Waals surface area contributed by atoms with Crippen LogP contribution in [0.1, 0.15) is 13.8 Å². The monoisotopic (exact) mass is 305 g/mol. The summed E-state index contributed by atoms with van der Waals surface area (Å²) in [6.45, 7) is 6.04. The first-order valence-corrected chi connectivity index (χ1v) is 6.72. The smallest absolute Gasteiger partial charge is 0.161 e. The summed E-state index contributed by atoms with van der Waals surface area (Å²) in [7, 11) is 4.09. The molecule has 0 aliphatic heterocycles. The van der Waals surface area contributed by atoms with Crippen molar-refractivity contribution in [3.8, 4) is 0 Å². The Bertz CT molecular complexity index is 434. The van der Waals surface area contributed by atoms with Crippen LogP contribution in [0.5, 0.6) is 0 Å². The van der Waals surface area contributed by atoms with E-state index in [1.54, 1.807) is 6.07 Å². The van der Waals surface area contributed by atoms with Crippen LogP contribution in [0.15, 0.2) is 6.07 Å². The van der Waals surface area contributed by atoms with Gasteiger partial charge in [-0.25, -0.2) is 10.8 Å². The Kier molecular flexibility index (Phi) is 5.67. The van der Waals surface area contributed by atoms with E-state index in [4.69, 9.17) is 29.0 Å². The van der Waals surface area contributed by atoms with E-state index in [-0.39, 0.29) is 5.41 Å². The lowest BCUT2D eigenvalue weighted by atomic mass is 9.93. The van der Waals surface area contributed by atoms with Crippen LogP contribution in [0.4, 0.5) is 11.6 Å². The lowest BCUT2D eigenvalue weighted by Crippen LogP contribution is -2.34. The molecule has 5 nitrogen and oxygen atoms in total. The second kappa shape index (κ2) is 6.61. The highest BCUT2D eigenvalue weighted by Crippen LogP contribution is 2.29. The zero-order chi connectivity index (χ0) is 14.6. The summed E-state index contributed by atoms with van der Waals surface area (Å²) < 4.78 is 0. The molecule has 0 aliphatic carbocycles. The molecule has 1 aromatic heterocycles. The van der Waals surface area contributed by atoms with Gasteiger partial charge in [0.1, 0.15) is 5.82 Å². The first-order valence-electron chi connectivity index (χ1n) is 5.96. The molecule has 0 aromatic carbocycles. The van der Waals surface area contributed by atoms with E-state index in [0.29, 0.717) is 21.7 Å². The Morgan fingerprint density at radius 3 is 2.37 bits per heavy atom. The highest BCUT2D eigenvalue weighted by molar-refractivity contribution is 6.37. The Morgan fingerprint density at radius 2 is 1.84 bits per heavy atom. The number of hydrogen-bond acceptors (Lipinski definition) is 5. The van der Waals surface area contributed by atoms with Crippen LogP contribution in [0.25, 0.3) is 0 Å². The van der Waals surface area contributed by atoms with Crippen LogP contribution in [0.3, 0.4) is 0 Å². The third-order valence-electron chi connectivity index (χ3n) is 2.54. The molecule has 1 rings (SSSR count). The van der Waals surface area contributed by atoms with Crippen molar-refractivity contribution in [2.45, 2.75) is 13.8 Å². The van der Waals surface area contributed by atoms with Gasteiger partial charge in [0.2, 0.25) is 0 Å². The van der Waals surface area contributed by atoms with Crippen molar-refractivity contribution in [1.82, 2.24) is 9.88 Å². The minimum atomic E-state index is 0.0877. The summed E-state index contributed by atoms with van der Waals surface area (Å²) in [5, 5.41) is 4.11. The molecule has 0 saturated carbocycles. The van der Waals surface area contributed by atoms with Crippen LogP contribution in [-0.2, 0) is 0 Å². The van der Waals surface area contributed by atoms with Gasteiger partial charge >= 0.3 is 0 Å². The van der Waals surface area contributed by atoms with Crippen molar-refractivity contribution in [1.29, 1.82) is 0 Å². The van der Waals surface area contributed by atoms with E-state index in [1.165, 1.54) is 0 Å². The average molecular weight is 306 g/mol. The topological polar surface area (TPSA) is 66.2 Å². The lowest BCUT2D eigenvalue weighted by Gasteiger charge is -2.28. The number of hydrogen-bond donors (Lipinski definition) is 3. The molecule has 19 heavy (non-hydrogen) atoms. The van der Waals surface area contributed by atoms with E-state index in [0.717, 1.165) is 13.1 Å². The van der Waals surface area contributed by atoms with E-state index in [1.807, 2.05) is 14.1 Å². The molecule has 7 heteroatoms. The molecule has 0 saturated heterocycles. The number of anilines is 2. The number of halogens is 2. The summed E-state index contributed by atoms with van der Waals surface area (Å²) in [4.78, 5) is 6.39. The van der Waals surface area contributed by atoms with Crippen molar-refractivity contribution >= 4 is 34.8 Å². The Morgan fingerprint density at radius 1 is 1.26 bits per heavy atom. The van der Waals surface area contributed by atoms with Crippen molar-refractivity contribution in [3.05, 3.63) is 16.1 Å². The number of pyridine rings is 1. The van der Waals surface area contributed by atoms with E-state index in [2.05, 4.69) is 34.5 Å². The quantitative estimate of drug-likeness (QED) is 0.557. The normalized spacial score (nSPS) is 11.8. The van der Waals surface area contributed by atoms with Gasteiger partial charge in [-0.1, -0.05) is 37.0 Å². The number of aromatic nitrogens is 1. The molecular formula is C12H21Cl2N5. The van der Waals surface area contributed by atoms with Crippen molar-refractivity contribution in [3.63, 3.8) is 0 Å². The standard InChI is InChI=1S/C12H21Cl2N5/c1-12(2,7-19(3)4)6-16-10-8(13)5-9(14)11(17-10)18-15/h5H,6-7,15H2,1-4H3,(H2,16,17,18). The number of nitrogen functional groups attached to an aromatic ring is 1. The third-order valence-corrected chi connectivity index (χ3v) is 3.12. The zero-order valence-corrected chi connectivity index (χ0v) is 13.2. The van der Waals surface area contributed by atoms with E-state index >= 15 is 0 Å². The van der Waals surface area contributed by atoms with Gasteiger partial charge < -0.3 is 15.6 Å². The van der Waals surface area contributed by atoms with Crippen molar-refractivity contribution in [2.24, 2.45) is 11.3 Å². The summed E-state index contributed by atoms with van der Waals surface area (Å²) in [6.07, 6.45) is 0. The second-order valence-electron chi connectivity index (χ2n) is 5.55. The fourth-order valence-electron chi connectivity index (χ4n) is 1.93. The maximum atomic E-state index is 6.10. The van der Waals surface area contributed by atoms with Gasteiger partial charge in [-0.3, -0.25) is 0 Å². The third kappa shape index (κ3) is 5.03. The summed E-state index contributed by atoms with van der Waals surface area (Å²) in [5.74, 6) is 6.32. The SMILES string of the molecule is CN(C)CC(C)(C)CNc1nc(NN)c(Cl)cc1Cl. The van der Waals surface area contributed by atoms with Crippen molar-refractivity contribution in [2.75, 3.05) is 37.9 Å². The Labute approximate surface area is 124 Å². The summed E-state index contributed by atoms with van der Waals surface area (Å²) in [5.41, 5.74) is 2.53. The fourth-order valence-corrected chi connectivity index (χ4v) is 2.41. The molecule has 0 radical (unpaired) electrons. The van der Waals surface area contributed by atoms with Gasteiger partial charge in [-0.2, -0.15) is 0 Å². The maximum absolute atomic E-state index is 6.10. The summed E-state index contributed by atoms with van der Waals surface area (Å²) in [6, 6.07) is 1.62. The molecule has 0 spiro atoms. The molecule has 0 atom stereocenters. The summed E-state index contributed by atoms with van der Waals surface area (Å²) >= 11 is 12.0. The maximum Gasteiger partial charge on any atom is 0.161 e. The second-order valence-corrected chi connectivity index (χ2v) is 6.36. The molecule has 0 amide bonds. The van der Waals surface area contributed by atoms with Crippen molar-refractivity contribution < 1.29 is 0 Å². The minimum Gasteiger partial charge on any atom is -0.368 e. The fraction of sp³-hybridized carbons (Fsp3) is 0.583. The molecule has 0 aliphatic rings. The predicted molar refractivity (Wildman–Crippen MR) is 82.9 cm³/mol. The molecule has 1 heterocycles. The molecule has 0 bridgehead atoms. The van der Waals surface area contributed by atoms with Crippen LogP contribution in [0, 0.1) is 5.41 Å². The number of rotatable bonds is 6. The number of nitrogens with zero attached hydrogens (tertiary/aromatic N) is 2. The lowest BCUT2D eigenvalue weighted by molar-refractivity contribution is 0.254. The van der Waals surface area contributed by atoms with Crippen LogP contribution in [-0.4, -0.2) is 37.1 Å². The average Bonchev–Trinajstić information content (AvgIpc) is 2.26. The Balaban J connectivity index is 2.77. The van der Waals surface area contributed by atoms with Gasteiger partial charge in [0.05, 0.1) is 10.0 Å². The van der Waals surface area contributed by atoms with Crippen LogP contribution < -0.4 is 16.6 Å². The molecule has 108 valence electrons. The molecule has 1 aromatic rings. The van der Waals surface area contributed by atoms with Gasteiger partial charge in [0, 0.05) is 13.1 Å². The molecular weight excluding hydrogens is 285 g/mol. The first-order chi connectivity index (χ1) is 8.75. The first kappa shape index (κ1) is 16.3. The van der Waals surface area contributed by atoms with Gasteiger partial charge in [0.15, 0.2) is 5.82 Å². The zero-order valence-electron chi connectivity index (χ0n) is 11.7. The number of nitrogens with two attached hydrogens (primary N) is 1. The molecule has 0 fully saturated rings. The van der Waals surface area contributed by atoms with Gasteiger partial charge in [-0.15, -0.1) is 0 Å². The van der Waals surface area contributed by atoms with E-state index < -0.39 is 0 Å². The van der Waals surface area contributed by atoms with Gasteiger partial charge in [0.25, 0.3) is 0 Å². The Hall–Kier alpha value is -0.750. The van der Waals surface area contributed by atoms with Crippen LogP contribution in [0.2, 0.25) is 10.0 Å². The van der Waals surface area contributed by atoms with Crippen LogP contribution >= 0.6 is 23.2 Å². The van der Waals surface area contributed by atoms with Gasteiger partial charge in [-0.05, 0) is 25.6 Å². The van der Waals surface area contributed by atoms with E-state index in [9.17, 15) is 0 Å². The highest BCUT2D eigenvalue weighted by atomic mass is 35.5.